The predicted octanol–water partition coefficient (Wildman–Crippen LogP) is 9.96. The Morgan fingerprint density at radius 3 is 2.26 bits per heavy atom. The van der Waals surface area contributed by atoms with Crippen LogP contribution < -0.4 is 19.1 Å². The monoisotopic (exact) mass is 640 g/mol. The molecule has 3 aromatic rings. The third kappa shape index (κ3) is 8.77. The second-order valence-corrected chi connectivity index (χ2v) is 14.0. The Morgan fingerprint density at radius 1 is 0.915 bits per heavy atom. The first-order valence-electron chi connectivity index (χ1n) is 17.7. The van der Waals surface area contributed by atoms with E-state index < -0.39 is 0 Å². The van der Waals surface area contributed by atoms with E-state index in [4.69, 9.17) is 18.9 Å². The molecule has 5 rings (SSSR count). The van der Waals surface area contributed by atoms with Crippen molar-refractivity contribution >= 4 is 5.69 Å². The summed E-state index contributed by atoms with van der Waals surface area (Å²) in [4.78, 5) is 5.00. The van der Waals surface area contributed by atoms with Crippen molar-refractivity contribution in [3.05, 3.63) is 83.7 Å². The van der Waals surface area contributed by atoms with Gasteiger partial charge in [0.2, 0.25) is 0 Å². The van der Waals surface area contributed by atoms with Gasteiger partial charge in [-0.25, -0.2) is 0 Å². The molecule has 6 nitrogen and oxygen atoms in total. The molecule has 6 heteroatoms. The molecule has 47 heavy (non-hydrogen) atoms. The maximum atomic E-state index is 6.32. The van der Waals surface area contributed by atoms with E-state index in [0.29, 0.717) is 12.0 Å². The minimum absolute atomic E-state index is 0.219. The summed E-state index contributed by atoms with van der Waals surface area (Å²) in [5.41, 5.74) is 5.95. The molecule has 1 saturated heterocycles. The van der Waals surface area contributed by atoms with Crippen molar-refractivity contribution < 1.29 is 18.9 Å². The Kier molecular flexibility index (Phi) is 11.7. The smallest absolute Gasteiger partial charge is 0.185 e. The maximum Gasteiger partial charge on any atom is 0.185 e. The summed E-state index contributed by atoms with van der Waals surface area (Å²) >= 11 is 0. The van der Waals surface area contributed by atoms with Crippen LogP contribution in [0.2, 0.25) is 0 Å². The van der Waals surface area contributed by atoms with Gasteiger partial charge >= 0.3 is 0 Å². The Balaban J connectivity index is 1.40. The molecule has 0 radical (unpaired) electrons. The van der Waals surface area contributed by atoms with Crippen molar-refractivity contribution in [1.82, 2.24) is 4.90 Å². The van der Waals surface area contributed by atoms with Crippen LogP contribution in [0.3, 0.4) is 0 Å². The van der Waals surface area contributed by atoms with Crippen molar-refractivity contribution in [3.8, 4) is 28.4 Å². The van der Waals surface area contributed by atoms with E-state index in [1.54, 1.807) is 14.2 Å². The number of rotatable bonds is 14. The normalized spacial score (nSPS) is 16.1. The summed E-state index contributed by atoms with van der Waals surface area (Å²) < 4.78 is 24.0. The van der Waals surface area contributed by atoms with Gasteiger partial charge in [-0.05, 0) is 131 Å². The summed E-state index contributed by atoms with van der Waals surface area (Å²) in [5.74, 6) is 4.15. The number of hydrogen-bond donors (Lipinski definition) is 0. The molecule has 0 bridgehead atoms. The SMILES string of the molecule is C/C=C(\OC(C)(C)C)N1CCC(N(Cc2cccc(-c3cc(OC)c(OC)c(C4CCC4)c3)c2)c2ccc(OCCCC)cc2)CC1. The number of methoxy groups -OCH3 is 2. The zero-order chi connectivity index (χ0) is 33.4. The number of hydrogen-bond acceptors (Lipinski definition) is 6. The highest BCUT2D eigenvalue weighted by molar-refractivity contribution is 5.70. The lowest BCUT2D eigenvalue weighted by Crippen LogP contribution is -2.45. The quantitative estimate of drug-likeness (QED) is 0.129. The molecular formula is C41H56N2O4. The number of likely N-dealkylation sites (tertiary alicyclic amines) is 1. The van der Waals surface area contributed by atoms with Crippen molar-refractivity contribution in [2.24, 2.45) is 0 Å². The van der Waals surface area contributed by atoms with Gasteiger partial charge in [-0.3, -0.25) is 0 Å². The zero-order valence-corrected chi connectivity index (χ0v) is 29.8. The van der Waals surface area contributed by atoms with E-state index in [1.165, 1.54) is 47.2 Å². The second-order valence-electron chi connectivity index (χ2n) is 14.0. The van der Waals surface area contributed by atoms with Crippen LogP contribution in [0.15, 0.2) is 72.6 Å². The van der Waals surface area contributed by atoms with Gasteiger partial charge in [0, 0.05) is 36.9 Å². The largest absolute Gasteiger partial charge is 0.494 e. The minimum Gasteiger partial charge on any atom is -0.494 e. The first kappa shape index (κ1) is 34.5. The van der Waals surface area contributed by atoms with E-state index in [0.717, 1.165) is 75.1 Å². The molecule has 1 aliphatic heterocycles. The molecule has 0 atom stereocenters. The summed E-state index contributed by atoms with van der Waals surface area (Å²) in [6.07, 6.45) is 10.1. The van der Waals surface area contributed by atoms with Crippen LogP contribution in [-0.4, -0.2) is 50.5 Å². The molecule has 2 aliphatic rings. The fraction of sp³-hybridized carbons (Fsp3) is 0.512. The van der Waals surface area contributed by atoms with E-state index in [1.807, 2.05) is 0 Å². The Hall–Kier alpha value is -3.80. The fourth-order valence-electron chi connectivity index (χ4n) is 6.75. The van der Waals surface area contributed by atoms with Gasteiger partial charge in [0.1, 0.15) is 11.4 Å². The zero-order valence-electron chi connectivity index (χ0n) is 29.8. The third-order valence-electron chi connectivity index (χ3n) is 9.48. The standard InChI is InChI=1S/C41H56N2O4/c1-8-10-25-46-36-19-17-34(18-20-36)43(35-21-23-42(24-22-35)39(9-2)47-41(3,4)5)29-30-13-11-16-32(26-30)33-27-37(31-14-12-15-31)40(45-7)38(28-33)44-6/h9,11,13,16-20,26-28,31,35H,8,10,12,14-15,21-25,29H2,1-7H3/b39-9-. The topological polar surface area (TPSA) is 43.4 Å². The summed E-state index contributed by atoms with van der Waals surface area (Å²) in [6, 6.07) is 22.6. The molecule has 3 aromatic carbocycles. The van der Waals surface area contributed by atoms with E-state index >= 15 is 0 Å². The average Bonchev–Trinajstić information content (AvgIpc) is 3.05. The summed E-state index contributed by atoms with van der Waals surface area (Å²) in [5, 5.41) is 0. The van der Waals surface area contributed by atoms with Gasteiger partial charge in [-0.1, -0.05) is 38.0 Å². The predicted molar refractivity (Wildman–Crippen MR) is 194 cm³/mol. The second kappa shape index (κ2) is 15.9. The summed E-state index contributed by atoms with van der Waals surface area (Å²) in [7, 11) is 3.49. The molecule has 0 N–H and O–H groups in total. The number of ether oxygens (including phenoxy) is 4. The lowest BCUT2D eigenvalue weighted by atomic mass is 9.78. The molecule has 0 amide bonds. The first-order chi connectivity index (χ1) is 22.7. The molecule has 1 aliphatic carbocycles. The molecule has 0 unspecified atom stereocenters. The Bertz CT molecular complexity index is 1460. The van der Waals surface area contributed by atoms with Crippen LogP contribution in [0.4, 0.5) is 5.69 Å². The lowest BCUT2D eigenvalue weighted by Gasteiger charge is -2.42. The van der Waals surface area contributed by atoms with Gasteiger partial charge in [0.15, 0.2) is 17.4 Å². The highest BCUT2D eigenvalue weighted by Crippen LogP contribution is 2.46. The number of unbranched alkanes of at least 4 members (excludes halogenated alkanes) is 1. The van der Waals surface area contributed by atoms with Crippen molar-refractivity contribution in [2.75, 3.05) is 38.8 Å². The number of anilines is 1. The highest BCUT2D eigenvalue weighted by Gasteiger charge is 2.29. The van der Waals surface area contributed by atoms with Crippen LogP contribution >= 0.6 is 0 Å². The van der Waals surface area contributed by atoms with E-state index in [2.05, 4.69) is 111 Å². The molecular weight excluding hydrogens is 584 g/mol. The first-order valence-corrected chi connectivity index (χ1v) is 17.7. The van der Waals surface area contributed by atoms with Crippen molar-refractivity contribution in [3.63, 3.8) is 0 Å². The number of benzene rings is 3. The van der Waals surface area contributed by atoms with Gasteiger partial charge in [0.05, 0.1) is 20.8 Å². The van der Waals surface area contributed by atoms with E-state index in [-0.39, 0.29) is 5.60 Å². The number of piperidine rings is 1. The summed E-state index contributed by atoms with van der Waals surface area (Å²) in [6.45, 7) is 14.1. The van der Waals surface area contributed by atoms with Gasteiger partial charge in [-0.2, -0.15) is 0 Å². The van der Waals surface area contributed by atoms with Gasteiger partial charge in [-0.15, -0.1) is 0 Å². The molecule has 2 fully saturated rings. The fourth-order valence-corrected chi connectivity index (χ4v) is 6.75. The van der Waals surface area contributed by atoms with Crippen LogP contribution in [0.25, 0.3) is 11.1 Å². The minimum atomic E-state index is -0.219. The highest BCUT2D eigenvalue weighted by atomic mass is 16.5. The van der Waals surface area contributed by atoms with Crippen molar-refractivity contribution in [2.45, 2.75) is 104 Å². The van der Waals surface area contributed by atoms with Crippen LogP contribution in [0.5, 0.6) is 17.2 Å². The molecule has 0 aromatic heterocycles. The third-order valence-corrected chi connectivity index (χ3v) is 9.48. The van der Waals surface area contributed by atoms with Crippen LogP contribution in [-0.2, 0) is 11.3 Å². The molecule has 1 saturated carbocycles. The van der Waals surface area contributed by atoms with Gasteiger partial charge < -0.3 is 28.7 Å². The van der Waals surface area contributed by atoms with Crippen molar-refractivity contribution in [1.29, 1.82) is 0 Å². The van der Waals surface area contributed by atoms with Crippen LogP contribution in [0.1, 0.15) is 96.6 Å². The number of allylic oxidation sites excluding steroid dienone is 1. The molecule has 0 spiro atoms. The lowest BCUT2D eigenvalue weighted by molar-refractivity contribution is -0.00458. The number of nitrogens with zero attached hydrogens (tertiary/aromatic N) is 2. The average molecular weight is 641 g/mol. The van der Waals surface area contributed by atoms with Gasteiger partial charge in [0.25, 0.3) is 0 Å². The maximum absolute atomic E-state index is 6.32. The molecule has 254 valence electrons. The Labute approximate surface area is 283 Å². The van der Waals surface area contributed by atoms with Crippen LogP contribution in [0, 0.1) is 0 Å². The molecule has 1 heterocycles. The van der Waals surface area contributed by atoms with E-state index in [9.17, 15) is 0 Å². The Morgan fingerprint density at radius 2 is 1.66 bits per heavy atom.